The smallest absolute Gasteiger partial charge is 0.0863 e. The monoisotopic (exact) mass is 229 g/mol. The average Bonchev–Trinajstić information content (AvgIpc) is 3.10. The molecule has 2 nitrogen and oxygen atoms in total. The number of hydrogen-bond acceptors (Lipinski definition) is 2. The van der Waals surface area contributed by atoms with Gasteiger partial charge in [0.2, 0.25) is 0 Å². The standard InChI is InChI=1S/C15H19NO/c1-15-9-16-7-14(15)12-4-2-3-11(10-5-6-10)13(12)8-17-15/h2-4,10,14,16H,5-9H2,1H3. The number of hydrogen-bond donors (Lipinski definition) is 1. The van der Waals surface area contributed by atoms with Crippen LogP contribution in [0, 0.1) is 0 Å². The molecule has 1 saturated carbocycles. The highest BCUT2D eigenvalue weighted by Gasteiger charge is 2.45. The van der Waals surface area contributed by atoms with Crippen molar-refractivity contribution in [1.82, 2.24) is 5.32 Å². The molecule has 4 rings (SSSR count). The summed E-state index contributed by atoms with van der Waals surface area (Å²) in [5.74, 6) is 1.37. The molecule has 2 aliphatic heterocycles. The van der Waals surface area contributed by atoms with E-state index in [1.165, 1.54) is 18.4 Å². The van der Waals surface area contributed by atoms with E-state index in [9.17, 15) is 0 Å². The van der Waals surface area contributed by atoms with Gasteiger partial charge in [0.1, 0.15) is 0 Å². The summed E-state index contributed by atoms with van der Waals surface area (Å²) in [5.41, 5.74) is 4.64. The molecule has 1 aliphatic carbocycles. The minimum Gasteiger partial charge on any atom is -0.369 e. The largest absolute Gasteiger partial charge is 0.369 e. The third-order valence-corrected chi connectivity index (χ3v) is 4.75. The van der Waals surface area contributed by atoms with Crippen molar-refractivity contribution in [2.75, 3.05) is 13.1 Å². The Morgan fingerprint density at radius 3 is 2.94 bits per heavy atom. The fourth-order valence-corrected chi connectivity index (χ4v) is 3.52. The van der Waals surface area contributed by atoms with Crippen LogP contribution in [0.3, 0.4) is 0 Å². The predicted molar refractivity (Wildman–Crippen MR) is 67.2 cm³/mol. The SMILES string of the molecule is CC12CNCC1c1cccc(C3CC3)c1CO2. The van der Waals surface area contributed by atoms with Gasteiger partial charge in [-0.15, -0.1) is 0 Å². The minimum atomic E-state index is 0.0230. The van der Waals surface area contributed by atoms with Gasteiger partial charge in [0.05, 0.1) is 12.2 Å². The van der Waals surface area contributed by atoms with Gasteiger partial charge in [-0.05, 0) is 42.4 Å². The van der Waals surface area contributed by atoms with Crippen LogP contribution in [0.2, 0.25) is 0 Å². The summed E-state index contributed by atoms with van der Waals surface area (Å²) in [6, 6.07) is 6.88. The van der Waals surface area contributed by atoms with Crippen LogP contribution in [0.15, 0.2) is 18.2 Å². The summed E-state index contributed by atoms with van der Waals surface area (Å²) in [6.45, 7) is 5.13. The lowest BCUT2D eigenvalue weighted by molar-refractivity contribution is -0.0521. The highest BCUT2D eigenvalue weighted by atomic mass is 16.5. The Balaban J connectivity index is 1.84. The van der Waals surface area contributed by atoms with Crippen molar-refractivity contribution in [3.63, 3.8) is 0 Å². The molecule has 2 heterocycles. The molecule has 0 bridgehead atoms. The predicted octanol–water partition coefficient (Wildman–Crippen LogP) is 2.54. The second-order valence-corrected chi connectivity index (χ2v) is 5.97. The maximum Gasteiger partial charge on any atom is 0.0863 e. The van der Waals surface area contributed by atoms with Crippen molar-refractivity contribution in [3.8, 4) is 0 Å². The highest BCUT2D eigenvalue weighted by Crippen LogP contribution is 2.47. The Bertz CT molecular complexity index is 466. The van der Waals surface area contributed by atoms with E-state index in [2.05, 4.69) is 30.4 Å². The van der Waals surface area contributed by atoms with Crippen LogP contribution in [0.1, 0.15) is 48.3 Å². The van der Waals surface area contributed by atoms with Gasteiger partial charge in [0.15, 0.2) is 0 Å². The molecule has 2 atom stereocenters. The first-order chi connectivity index (χ1) is 8.28. The fraction of sp³-hybridized carbons (Fsp3) is 0.600. The van der Waals surface area contributed by atoms with Crippen LogP contribution in [0.4, 0.5) is 0 Å². The molecule has 0 radical (unpaired) electrons. The molecule has 17 heavy (non-hydrogen) atoms. The summed E-state index contributed by atoms with van der Waals surface area (Å²) in [4.78, 5) is 0. The zero-order chi connectivity index (χ0) is 11.5. The van der Waals surface area contributed by atoms with Crippen LogP contribution < -0.4 is 5.32 Å². The summed E-state index contributed by atoms with van der Waals surface area (Å²) < 4.78 is 6.17. The van der Waals surface area contributed by atoms with Gasteiger partial charge in [-0.25, -0.2) is 0 Å². The molecule has 1 aromatic rings. The fourth-order valence-electron chi connectivity index (χ4n) is 3.52. The minimum absolute atomic E-state index is 0.0230. The molecule has 2 fully saturated rings. The van der Waals surface area contributed by atoms with Crippen molar-refractivity contribution in [2.45, 2.75) is 43.8 Å². The van der Waals surface area contributed by atoms with Crippen LogP contribution in [-0.4, -0.2) is 18.7 Å². The average molecular weight is 229 g/mol. The van der Waals surface area contributed by atoms with Crippen LogP contribution >= 0.6 is 0 Å². The van der Waals surface area contributed by atoms with Gasteiger partial charge < -0.3 is 10.1 Å². The van der Waals surface area contributed by atoms with Gasteiger partial charge in [-0.3, -0.25) is 0 Å². The third-order valence-electron chi connectivity index (χ3n) is 4.75. The van der Waals surface area contributed by atoms with E-state index in [1.807, 2.05) is 0 Å². The lowest BCUT2D eigenvalue weighted by Gasteiger charge is -2.38. The molecule has 0 spiro atoms. The maximum absolute atomic E-state index is 6.17. The zero-order valence-electron chi connectivity index (χ0n) is 10.3. The normalized spacial score (nSPS) is 35.5. The third kappa shape index (κ3) is 1.40. The van der Waals surface area contributed by atoms with Crippen LogP contribution in [-0.2, 0) is 11.3 Å². The lowest BCUT2D eigenvalue weighted by atomic mass is 9.80. The number of benzene rings is 1. The van der Waals surface area contributed by atoms with Crippen molar-refractivity contribution < 1.29 is 4.74 Å². The van der Waals surface area contributed by atoms with Crippen molar-refractivity contribution in [1.29, 1.82) is 0 Å². The topological polar surface area (TPSA) is 21.3 Å². The highest BCUT2D eigenvalue weighted by molar-refractivity contribution is 5.44. The first kappa shape index (κ1) is 10.1. The number of rotatable bonds is 1. The van der Waals surface area contributed by atoms with E-state index in [0.29, 0.717) is 5.92 Å². The first-order valence-corrected chi connectivity index (χ1v) is 6.74. The summed E-state index contributed by atoms with van der Waals surface area (Å²) in [6.07, 6.45) is 2.74. The van der Waals surface area contributed by atoms with E-state index in [-0.39, 0.29) is 5.60 Å². The molecule has 1 saturated heterocycles. The van der Waals surface area contributed by atoms with Gasteiger partial charge in [-0.1, -0.05) is 18.2 Å². The van der Waals surface area contributed by atoms with Crippen LogP contribution in [0.5, 0.6) is 0 Å². The zero-order valence-corrected chi connectivity index (χ0v) is 10.3. The van der Waals surface area contributed by atoms with Gasteiger partial charge in [0, 0.05) is 19.0 Å². The van der Waals surface area contributed by atoms with Crippen LogP contribution in [0.25, 0.3) is 0 Å². The maximum atomic E-state index is 6.17. The Morgan fingerprint density at radius 1 is 1.29 bits per heavy atom. The molecule has 1 N–H and O–H groups in total. The molecular formula is C15H19NO. The molecule has 2 heteroatoms. The molecule has 90 valence electrons. The summed E-state index contributed by atoms with van der Waals surface area (Å²) in [5, 5.41) is 3.48. The number of fused-ring (bicyclic) bond motifs is 3. The van der Waals surface area contributed by atoms with Crippen molar-refractivity contribution >= 4 is 0 Å². The van der Waals surface area contributed by atoms with Crippen molar-refractivity contribution in [3.05, 3.63) is 34.9 Å². The molecule has 3 aliphatic rings. The molecule has 2 unspecified atom stereocenters. The second kappa shape index (κ2) is 3.33. The Labute approximate surface area is 102 Å². The van der Waals surface area contributed by atoms with E-state index in [4.69, 9.17) is 4.74 Å². The lowest BCUT2D eigenvalue weighted by Crippen LogP contribution is -2.40. The Hall–Kier alpha value is -0.860. The molecule has 0 amide bonds. The van der Waals surface area contributed by atoms with Gasteiger partial charge in [-0.2, -0.15) is 0 Å². The van der Waals surface area contributed by atoms with E-state index < -0.39 is 0 Å². The molecular weight excluding hydrogens is 210 g/mol. The van der Waals surface area contributed by atoms with E-state index >= 15 is 0 Å². The quantitative estimate of drug-likeness (QED) is 0.799. The molecule has 0 aromatic heterocycles. The molecule has 1 aromatic carbocycles. The Kier molecular flexibility index (Phi) is 1.98. The summed E-state index contributed by atoms with van der Waals surface area (Å²) >= 11 is 0. The van der Waals surface area contributed by atoms with E-state index in [1.54, 1.807) is 11.1 Å². The number of ether oxygens (including phenoxy) is 1. The van der Waals surface area contributed by atoms with Crippen molar-refractivity contribution in [2.24, 2.45) is 0 Å². The van der Waals surface area contributed by atoms with Gasteiger partial charge in [0.25, 0.3) is 0 Å². The first-order valence-electron chi connectivity index (χ1n) is 6.74. The van der Waals surface area contributed by atoms with E-state index in [0.717, 1.165) is 25.6 Å². The van der Waals surface area contributed by atoms with Gasteiger partial charge >= 0.3 is 0 Å². The summed E-state index contributed by atoms with van der Waals surface area (Å²) in [7, 11) is 0. The second-order valence-electron chi connectivity index (χ2n) is 5.97. The Morgan fingerprint density at radius 2 is 2.12 bits per heavy atom. The number of nitrogens with one attached hydrogen (secondary N) is 1.